The fraction of sp³-hybridized carbons (Fsp3) is 0.353. The Hall–Kier alpha value is -1.22. The summed E-state index contributed by atoms with van der Waals surface area (Å²) >= 11 is 1.67. The number of furan rings is 1. The molecular weight excluding hydrogens is 440 g/mol. The van der Waals surface area contributed by atoms with Crippen LogP contribution in [-0.2, 0) is 18.8 Å². The fourth-order valence-corrected chi connectivity index (χ4v) is 2.71. The van der Waals surface area contributed by atoms with Crippen LogP contribution in [0.1, 0.15) is 23.8 Å². The summed E-state index contributed by atoms with van der Waals surface area (Å²) in [6.45, 7) is 3.86. The van der Waals surface area contributed by atoms with Crippen LogP contribution in [0.5, 0.6) is 0 Å². The van der Waals surface area contributed by atoms with Crippen molar-refractivity contribution < 1.29 is 8.81 Å². The number of nitrogens with zero attached hydrogens (tertiary/aromatic N) is 1. The fourth-order valence-electron chi connectivity index (χ4n) is 2.13. The van der Waals surface area contributed by atoms with E-state index in [0.717, 1.165) is 29.2 Å². The van der Waals surface area contributed by atoms with E-state index in [9.17, 15) is 4.39 Å². The van der Waals surface area contributed by atoms with E-state index in [4.69, 9.17) is 4.42 Å². The lowest BCUT2D eigenvalue weighted by molar-refractivity contribution is 0.501. The van der Waals surface area contributed by atoms with Crippen molar-refractivity contribution in [1.29, 1.82) is 0 Å². The van der Waals surface area contributed by atoms with Crippen molar-refractivity contribution in [3.05, 3.63) is 59.3 Å². The highest BCUT2D eigenvalue weighted by atomic mass is 127. The standard InChI is InChI=1S/C17H22FN3OS.HI/c1-3-19-17(21-11-16-5-4-8-22-16)20-10-13-6-7-15(18)9-14(13)12-23-2;/h4-9H,3,10-12H2,1-2H3,(H2,19,20,21);1H. The van der Waals surface area contributed by atoms with Crippen LogP contribution < -0.4 is 10.6 Å². The Morgan fingerprint density at radius 1 is 1.25 bits per heavy atom. The molecule has 0 saturated carbocycles. The number of guanidine groups is 1. The molecule has 0 saturated heterocycles. The van der Waals surface area contributed by atoms with Gasteiger partial charge in [-0.25, -0.2) is 9.38 Å². The highest BCUT2D eigenvalue weighted by Gasteiger charge is 2.05. The molecule has 0 fully saturated rings. The molecule has 2 aromatic rings. The van der Waals surface area contributed by atoms with Gasteiger partial charge in [0.25, 0.3) is 0 Å². The summed E-state index contributed by atoms with van der Waals surface area (Å²) in [5, 5.41) is 6.42. The lowest BCUT2D eigenvalue weighted by Crippen LogP contribution is -2.36. The zero-order chi connectivity index (χ0) is 16.5. The summed E-state index contributed by atoms with van der Waals surface area (Å²) in [7, 11) is 0. The SMILES string of the molecule is CCNC(=NCc1ccc(F)cc1CSC)NCc1ccco1.I. The molecule has 0 aliphatic rings. The van der Waals surface area contributed by atoms with Crippen molar-refractivity contribution in [2.24, 2.45) is 4.99 Å². The Kier molecular flexibility index (Phi) is 9.85. The van der Waals surface area contributed by atoms with E-state index in [1.54, 1.807) is 30.2 Å². The minimum absolute atomic E-state index is 0. The molecule has 0 atom stereocenters. The van der Waals surface area contributed by atoms with E-state index in [1.807, 2.05) is 25.3 Å². The molecule has 132 valence electrons. The Morgan fingerprint density at radius 2 is 2.08 bits per heavy atom. The van der Waals surface area contributed by atoms with Gasteiger partial charge in [0, 0.05) is 12.3 Å². The number of thioether (sulfide) groups is 1. The molecule has 24 heavy (non-hydrogen) atoms. The quantitative estimate of drug-likeness (QED) is 0.368. The van der Waals surface area contributed by atoms with E-state index in [2.05, 4.69) is 15.6 Å². The number of hydrogen-bond donors (Lipinski definition) is 2. The van der Waals surface area contributed by atoms with Crippen LogP contribution in [0.3, 0.4) is 0 Å². The second kappa shape index (κ2) is 11.4. The van der Waals surface area contributed by atoms with Crippen LogP contribution >= 0.6 is 35.7 Å². The molecule has 0 bridgehead atoms. The second-order valence-electron chi connectivity index (χ2n) is 4.97. The Balaban J connectivity index is 0.00000288. The van der Waals surface area contributed by atoms with Crippen LogP contribution in [0.4, 0.5) is 4.39 Å². The third-order valence-electron chi connectivity index (χ3n) is 3.23. The summed E-state index contributed by atoms with van der Waals surface area (Å²) in [6.07, 6.45) is 3.65. The zero-order valence-electron chi connectivity index (χ0n) is 13.8. The van der Waals surface area contributed by atoms with Crippen molar-refractivity contribution in [1.82, 2.24) is 10.6 Å². The Bertz CT molecular complexity index is 635. The number of hydrogen-bond acceptors (Lipinski definition) is 3. The summed E-state index contributed by atoms with van der Waals surface area (Å²) in [5.41, 5.74) is 2.03. The van der Waals surface area contributed by atoms with E-state index >= 15 is 0 Å². The van der Waals surface area contributed by atoms with Gasteiger partial charge in [-0.2, -0.15) is 11.8 Å². The van der Waals surface area contributed by atoms with Crippen LogP contribution in [-0.4, -0.2) is 18.8 Å². The third kappa shape index (κ3) is 6.72. The Morgan fingerprint density at radius 3 is 2.75 bits per heavy atom. The maximum atomic E-state index is 13.4. The highest BCUT2D eigenvalue weighted by molar-refractivity contribution is 14.0. The van der Waals surface area contributed by atoms with Gasteiger partial charge >= 0.3 is 0 Å². The number of halogens is 2. The van der Waals surface area contributed by atoms with Crippen molar-refractivity contribution in [2.75, 3.05) is 12.8 Å². The smallest absolute Gasteiger partial charge is 0.191 e. The van der Waals surface area contributed by atoms with Gasteiger partial charge in [-0.3, -0.25) is 0 Å². The molecule has 0 amide bonds. The van der Waals surface area contributed by atoms with Gasteiger partial charge in [0.1, 0.15) is 11.6 Å². The molecule has 0 radical (unpaired) electrons. The lowest BCUT2D eigenvalue weighted by Gasteiger charge is -2.11. The van der Waals surface area contributed by atoms with Gasteiger partial charge in [0.2, 0.25) is 0 Å². The normalized spacial score (nSPS) is 11.0. The number of benzene rings is 1. The van der Waals surface area contributed by atoms with Crippen molar-refractivity contribution in [3.8, 4) is 0 Å². The maximum absolute atomic E-state index is 13.4. The molecule has 7 heteroatoms. The van der Waals surface area contributed by atoms with Crippen LogP contribution in [0, 0.1) is 5.82 Å². The minimum atomic E-state index is -0.204. The van der Waals surface area contributed by atoms with Crippen LogP contribution in [0.15, 0.2) is 46.0 Å². The summed E-state index contributed by atoms with van der Waals surface area (Å²) < 4.78 is 18.7. The molecule has 4 nitrogen and oxygen atoms in total. The summed E-state index contributed by atoms with van der Waals surface area (Å²) in [4.78, 5) is 4.58. The minimum Gasteiger partial charge on any atom is -0.467 e. The molecule has 0 spiro atoms. The Labute approximate surface area is 163 Å². The van der Waals surface area contributed by atoms with Gasteiger partial charge in [-0.05, 0) is 48.6 Å². The van der Waals surface area contributed by atoms with Crippen molar-refractivity contribution in [2.45, 2.75) is 25.8 Å². The predicted molar refractivity (Wildman–Crippen MR) is 109 cm³/mol. The molecule has 0 aliphatic heterocycles. The molecular formula is C17H23FIN3OS. The van der Waals surface area contributed by atoms with Crippen molar-refractivity contribution >= 4 is 41.7 Å². The lowest BCUT2D eigenvalue weighted by atomic mass is 10.1. The molecule has 1 aromatic carbocycles. The van der Waals surface area contributed by atoms with Crippen molar-refractivity contribution in [3.63, 3.8) is 0 Å². The highest BCUT2D eigenvalue weighted by Crippen LogP contribution is 2.17. The average Bonchev–Trinajstić information content (AvgIpc) is 3.05. The van der Waals surface area contributed by atoms with E-state index < -0.39 is 0 Å². The van der Waals surface area contributed by atoms with Gasteiger partial charge in [0.05, 0.1) is 19.4 Å². The van der Waals surface area contributed by atoms with Gasteiger partial charge in [-0.15, -0.1) is 24.0 Å². The first-order valence-electron chi connectivity index (χ1n) is 7.53. The first kappa shape index (κ1) is 20.8. The monoisotopic (exact) mass is 463 g/mol. The molecule has 2 N–H and O–H groups in total. The van der Waals surface area contributed by atoms with Gasteiger partial charge in [0.15, 0.2) is 5.96 Å². The summed E-state index contributed by atoms with van der Waals surface area (Å²) in [6, 6.07) is 8.64. The topological polar surface area (TPSA) is 49.6 Å². The van der Waals surface area contributed by atoms with Gasteiger partial charge in [-0.1, -0.05) is 6.07 Å². The third-order valence-corrected chi connectivity index (χ3v) is 3.83. The molecule has 0 aliphatic carbocycles. The maximum Gasteiger partial charge on any atom is 0.191 e. The van der Waals surface area contributed by atoms with Gasteiger partial charge < -0.3 is 15.1 Å². The molecule has 0 unspecified atom stereocenters. The number of rotatable bonds is 7. The number of aliphatic imine (C=N–C) groups is 1. The predicted octanol–water partition coefficient (Wildman–Crippen LogP) is 4.16. The van der Waals surface area contributed by atoms with E-state index in [0.29, 0.717) is 19.0 Å². The largest absolute Gasteiger partial charge is 0.467 e. The van der Waals surface area contributed by atoms with Crippen LogP contribution in [0.25, 0.3) is 0 Å². The van der Waals surface area contributed by atoms with E-state index in [-0.39, 0.29) is 29.8 Å². The first-order valence-corrected chi connectivity index (χ1v) is 8.93. The average molecular weight is 463 g/mol. The van der Waals surface area contributed by atoms with E-state index in [1.165, 1.54) is 6.07 Å². The zero-order valence-corrected chi connectivity index (χ0v) is 17.0. The summed E-state index contributed by atoms with van der Waals surface area (Å²) in [5.74, 6) is 2.13. The second-order valence-corrected chi connectivity index (χ2v) is 5.84. The molecule has 1 heterocycles. The first-order chi connectivity index (χ1) is 11.2. The molecule has 2 rings (SSSR count). The number of nitrogens with one attached hydrogen (secondary N) is 2. The van der Waals surface area contributed by atoms with Crippen LogP contribution in [0.2, 0.25) is 0 Å². The molecule has 1 aromatic heterocycles.